The topological polar surface area (TPSA) is 24.9 Å². The van der Waals surface area contributed by atoms with Gasteiger partial charge in [-0.1, -0.05) is 6.07 Å². The molecule has 20 heavy (non-hydrogen) atoms. The van der Waals surface area contributed by atoms with E-state index in [1.165, 1.54) is 6.20 Å². The minimum atomic E-state index is -4.58. The van der Waals surface area contributed by atoms with Crippen LogP contribution in [0.4, 0.5) is 23.2 Å². The molecule has 0 aliphatic carbocycles. The molecule has 2 aromatic rings. The highest BCUT2D eigenvalue weighted by Gasteiger charge is 2.33. The molecule has 1 aromatic carbocycles. The Hall–Kier alpha value is -2.11. The van der Waals surface area contributed by atoms with Gasteiger partial charge in [-0.3, -0.25) is 4.98 Å². The third-order valence-corrected chi connectivity index (χ3v) is 2.74. The molecule has 1 N–H and O–H groups in total. The van der Waals surface area contributed by atoms with Gasteiger partial charge in [-0.15, -0.1) is 0 Å². The lowest BCUT2D eigenvalue weighted by atomic mass is 10.1. The molecule has 2 rings (SSSR count). The summed E-state index contributed by atoms with van der Waals surface area (Å²) in [5.74, 6) is -0.904. The Kier molecular flexibility index (Phi) is 3.92. The number of nitrogens with zero attached hydrogens (tertiary/aromatic N) is 1. The third-order valence-electron chi connectivity index (χ3n) is 2.74. The van der Waals surface area contributed by atoms with Crippen molar-refractivity contribution in [2.45, 2.75) is 19.6 Å². The smallest absolute Gasteiger partial charge is 0.380 e. The van der Waals surface area contributed by atoms with E-state index < -0.39 is 17.6 Å². The third kappa shape index (κ3) is 3.46. The molecule has 0 atom stereocenters. The number of rotatable bonds is 3. The highest BCUT2D eigenvalue weighted by atomic mass is 19.4. The molecular weight excluding hydrogens is 272 g/mol. The van der Waals surface area contributed by atoms with E-state index in [1.807, 2.05) is 6.92 Å². The van der Waals surface area contributed by atoms with E-state index in [-0.39, 0.29) is 12.1 Å². The lowest BCUT2D eigenvalue weighted by Crippen LogP contribution is -2.12. The first-order valence-electron chi connectivity index (χ1n) is 5.87. The van der Waals surface area contributed by atoms with Crippen molar-refractivity contribution in [3.63, 3.8) is 0 Å². The first-order chi connectivity index (χ1) is 9.36. The van der Waals surface area contributed by atoms with Gasteiger partial charge in [0.1, 0.15) is 5.82 Å². The van der Waals surface area contributed by atoms with Gasteiger partial charge in [0.25, 0.3) is 0 Å². The summed E-state index contributed by atoms with van der Waals surface area (Å²) in [4.78, 5) is 3.94. The predicted molar refractivity (Wildman–Crippen MR) is 67.7 cm³/mol. The number of aryl methyl sites for hydroxylation is 1. The normalized spacial score (nSPS) is 11.4. The van der Waals surface area contributed by atoms with Crippen molar-refractivity contribution in [2.24, 2.45) is 0 Å². The van der Waals surface area contributed by atoms with Crippen molar-refractivity contribution in [3.8, 4) is 0 Å². The second-order valence-corrected chi connectivity index (χ2v) is 4.40. The minimum Gasteiger partial charge on any atom is -0.380 e. The summed E-state index contributed by atoms with van der Waals surface area (Å²) in [6, 6.07) is 4.42. The predicted octanol–water partition coefficient (Wildman–Crippen LogP) is 4.16. The van der Waals surface area contributed by atoms with Crippen molar-refractivity contribution in [2.75, 3.05) is 5.32 Å². The highest BCUT2D eigenvalue weighted by molar-refractivity contribution is 5.44. The number of anilines is 1. The molecule has 0 aliphatic heterocycles. The maximum absolute atomic E-state index is 13.0. The molecule has 2 nitrogen and oxygen atoms in total. The Labute approximate surface area is 113 Å². The first-order valence-corrected chi connectivity index (χ1v) is 5.87. The summed E-state index contributed by atoms with van der Waals surface area (Å²) in [5.41, 5.74) is 0.526. The zero-order chi connectivity index (χ0) is 14.8. The fourth-order valence-corrected chi connectivity index (χ4v) is 1.82. The van der Waals surface area contributed by atoms with E-state index in [2.05, 4.69) is 10.3 Å². The van der Waals surface area contributed by atoms with Gasteiger partial charge in [0, 0.05) is 18.9 Å². The number of halogens is 4. The van der Waals surface area contributed by atoms with Gasteiger partial charge < -0.3 is 5.32 Å². The van der Waals surface area contributed by atoms with Gasteiger partial charge in [0.15, 0.2) is 0 Å². The Morgan fingerprint density at radius 3 is 2.55 bits per heavy atom. The van der Waals surface area contributed by atoms with Crippen LogP contribution < -0.4 is 5.32 Å². The first kappa shape index (κ1) is 14.3. The van der Waals surface area contributed by atoms with Crippen molar-refractivity contribution >= 4 is 5.69 Å². The molecule has 0 bridgehead atoms. The fraction of sp³-hybridized carbons (Fsp3) is 0.214. The zero-order valence-electron chi connectivity index (χ0n) is 10.6. The Morgan fingerprint density at radius 2 is 1.90 bits per heavy atom. The van der Waals surface area contributed by atoms with Crippen LogP contribution in [-0.4, -0.2) is 4.98 Å². The molecule has 106 valence electrons. The van der Waals surface area contributed by atoms with Crippen LogP contribution in [-0.2, 0) is 12.7 Å². The molecule has 0 saturated heterocycles. The monoisotopic (exact) mass is 284 g/mol. The standard InChI is InChI=1S/C14H12F4N2/c1-9-4-12(8-19-6-9)20-7-10-2-3-11(15)5-13(10)14(16,17)18/h2-6,8,20H,7H2,1H3. The number of alkyl halides is 3. The van der Waals surface area contributed by atoms with E-state index in [1.54, 1.807) is 12.3 Å². The molecule has 0 amide bonds. The van der Waals surface area contributed by atoms with Crippen molar-refractivity contribution in [3.05, 3.63) is 59.2 Å². The van der Waals surface area contributed by atoms with E-state index in [4.69, 9.17) is 0 Å². The Balaban J connectivity index is 2.21. The van der Waals surface area contributed by atoms with Gasteiger partial charge in [0.2, 0.25) is 0 Å². The zero-order valence-corrected chi connectivity index (χ0v) is 10.6. The van der Waals surface area contributed by atoms with Crippen LogP contribution in [0.1, 0.15) is 16.7 Å². The van der Waals surface area contributed by atoms with Crippen molar-refractivity contribution in [1.29, 1.82) is 0 Å². The lowest BCUT2D eigenvalue weighted by molar-refractivity contribution is -0.138. The molecule has 0 fully saturated rings. The van der Waals surface area contributed by atoms with E-state index in [0.29, 0.717) is 11.8 Å². The second-order valence-electron chi connectivity index (χ2n) is 4.40. The summed E-state index contributed by atoms with van der Waals surface area (Å²) in [6.07, 6.45) is -1.42. The van der Waals surface area contributed by atoms with Gasteiger partial charge >= 0.3 is 6.18 Å². The van der Waals surface area contributed by atoms with Gasteiger partial charge in [-0.25, -0.2) is 4.39 Å². The number of aromatic nitrogens is 1. The van der Waals surface area contributed by atoms with Crippen LogP contribution in [0.3, 0.4) is 0 Å². The minimum absolute atomic E-state index is 0.0135. The quantitative estimate of drug-likeness (QED) is 0.856. The number of hydrogen-bond donors (Lipinski definition) is 1. The van der Waals surface area contributed by atoms with Crippen LogP contribution >= 0.6 is 0 Å². The lowest BCUT2D eigenvalue weighted by Gasteiger charge is -2.14. The van der Waals surface area contributed by atoms with E-state index >= 15 is 0 Å². The van der Waals surface area contributed by atoms with Crippen molar-refractivity contribution < 1.29 is 17.6 Å². The second kappa shape index (κ2) is 5.48. The molecule has 6 heteroatoms. The summed E-state index contributed by atoms with van der Waals surface area (Å²) in [5, 5.41) is 2.85. The summed E-state index contributed by atoms with van der Waals surface area (Å²) < 4.78 is 51.4. The van der Waals surface area contributed by atoms with E-state index in [9.17, 15) is 17.6 Å². The van der Waals surface area contributed by atoms with E-state index in [0.717, 1.165) is 17.7 Å². The average Bonchev–Trinajstić information content (AvgIpc) is 2.36. The van der Waals surface area contributed by atoms with Gasteiger partial charge in [0.05, 0.1) is 11.3 Å². The van der Waals surface area contributed by atoms with Crippen molar-refractivity contribution in [1.82, 2.24) is 4.98 Å². The maximum Gasteiger partial charge on any atom is 0.416 e. The number of benzene rings is 1. The molecule has 0 saturated carbocycles. The van der Waals surface area contributed by atoms with Crippen LogP contribution in [0.15, 0.2) is 36.7 Å². The maximum atomic E-state index is 13.0. The largest absolute Gasteiger partial charge is 0.416 e. The fourth-order valence-electron chi connectivity index (χ4n) is 1.82. The van der Waals surface area contributed by atoms with Crippen LogP contribution in [0.25, 0.3) is 0 Å². The molecular formula is C14H12F4N2. The molecule has 1 aromatic heterocycles. The van der Waals surface area contributed by atoms with Crippen LogP contribution in [0.2, 0.25) is 0 Å². The average molecular weight is 284 g/mol. The summed E-state index contributed by atoms with van der Waals surface area (Å²) in [7, 11) is 0. The molecule has 0 spiro atoms. The Bertz CT molecular complexity index is 608. The summed E-state index contributed by atoms with van der Waals surface area (Å²) >= 11 is 0. The highest BCUT2D eigenvalue weighted by Crippen LogP contribution is 2.32. The molecule has 0 radical (unpaired) electrons. The number of hydrogen-bond acceptors (Lipinski definition) is 2. The summed E-state index contributed by atoms with van der Waals surface area (Å²) in [6.45, 7) is 1.78. The molecule has 1 heterocycles. The molecule has 0 aliphatic rings. The number of nitrogens with one attached hydrogen (secondary N) is 1. The van der Waals surface area contributed by atoms with Gasteiger partial charge in [-0.05, 0) is 36.2 Å². The van der Waals surface area contributed by atoms with Crippen LogP contribution in [0.5, 0.6) is 0 Å². The number of pyridine rings is 1. The Morgan fingerprint density at radius 1 is 1.15 bits per heavy atom. The van der Waals surface area contributed by atoms with Gasteiger partial charge in [-0.2, -0.15) is 13.2 Å². The molecule has 0 unspecified atom stereocenters. The van der Waals surface area contributed by atoms with Crippen LogP contribution in [0, 0.1) is 12.7 Å². The SMILES string of the molecule is Cc1cncc(NCc2ccc(F)cc2C(F)(F)F)c1.